The molecule has 0 aromatic heterocycles. The van der Waals surface area contributed by atoms with E-state index in [1.54, 1.807) is 0 Å². The molecule has 1 aliphatic carbocycles. The van der Waals surface area contributed by atoms with E-state index >= 15 is 0 Å². The summed E-state index contributed by atoms with van der Waals surface area (Å²) in [6.07, 6.45) is 4.72. The maximum Gasteiger partial charge on any atom is 0.228 e. The van der Waals surface area contributed by atoms with E-state index < -0.39 is 0 Å². The molecular weight excluding hydrogens is 228 g/mol. The van der Waals surface area contributed by atoms with Gasteiger partial charge in [0.1, 0.15) is 0 Å². The average molecular weight is 254 g/mol. The topological polar surface area (TPSA) is 43.8 Å². The molecule has 2 fully saturated rings. The highest BCUT2D eigenvalue weighted by atomic mass is 16.3. The number of carbonyl (C=O) groups excluding carboxylic acids is 1. The SMILES string of the molecule is CN(C)CC1CC(O)CN1C(=O)C1(C)CCCC1. The highest BCUT2D eigenvalue weighted by Gasteiger charge is 2.44. The first-order chi connectivity index (χ1) is 8.42. The molecule has 1 N–H and O–H groups in total. The standard InChI is InChI=1S/C14H26N2O2/c1-14(6-4-5-7-14)13(18)16-10-12(17)8-11(16)9-15(2)3/h11-12,17H,4-10H2,1-3H3. The maximum absolute atomic E-state index is 12.7. The smallest absolute Gasteiger partial charge is 0.228 e. The number of carbonyl (C=O) groups is 1. The molecule has 1 saturated heterocycles. The zero-order valence-corrected chi connectivity index (χ0v) is 11.9. The molecule has 4 heteroatoms. The molecule has 0 radical (unpaired) electrons. The first-order valence-corrected chi connectivity index (χ1v) is 7.06. The lowest BCUT2D eigenvalue weighted by atomic mass is 9.87. The van der Waals surface area contributed by atoms with Crippen LogP contribution >= 0.6 is 0 Å². The molecule has 2 aliphatic rings. The number of likely N-dealkylation sites (N-methyl/N-ethyl adjacent to an activating group) is 1. The first-order valence-electron chi connectivity index (χ1n) is 7.06. The van der Waals surface area contributed by atoms with Crippen molar-refractivity contribution in [3.05, 3.63) is 0 Å². The van der Waals surface area contributed by atoms with Gasteiger partial charge in [0.15, 0.2) is 0 Å². The first kappa shape index (κ1) is 13.8. The molecule has 0 spiro atoms. The van der Waals surface area contributed by atoms with Gasteiger partial charge in [0.25, 0.3) is 0 Å². The van der Waals surface area contributed by atoms with Gasteiger partial charge in [0, 0.05) is 24.5 Å². The maximum atomic E-state index is 12.7. The van der Waals surface area contributed by atoms with Crippen molar-refractivity contribution >= 4 is 5.91 Å². The fourth-order valence-electron chi connectivity index (χ4n) is 3.45. The van der Waals surface area contributed by atoms with E-state index in [1.165, 1.54) is 0 Å². The number of rotatable bonds is 3. The van der Waals surface area contributed by atoms with Gasteiger partial charge in [-0.1, -0.05) is 19.8 Å². The molecule has 0 aromatic rings. The van der Waals surface area contributed by atoms with Gasteiger partial charge in [-0.3, -0.25) is 4.79 Å². The molecule has 104 valence electrons. The van der Waals surface area contributed by atoms with Gasteiger partial charge < -0.3 is 14.9 Å². The number of aliphatic hydroxyl groups excluding tert-OH is 1. The van der Waals surface area contributed by atoms with Gasteiger partial charge in [0.05, 0.1) is 6.10 Å². The van der Waals surface area contributed by atoms with E-state index in [9.17, 15) is 9.90 Å². The number of aliphatic hydroxyl groups is 1. The number of β-amino-alcohol motifs (C(OH)–C–C–N with tert-alkyl or cyclic N) is 1. The van der Waals surface area contributed by atoms with E-state index in [1.807, 2.05) is 19.0 Å². The Hall–Kier alpha value is -0.610. The van der Waals surface area contributed by atoms with Crippen LogP contribution < -0.4 is 0 Å². The van der Waals surface area contributed by atoms with Crippen LogP contribution in [0.1, 0.15) is 39.0 Å². The van der Waals surface area contributed by atoms with Crippen LogP contribution in [0.5, 0.6) is 0 Å². The molecule has 18 heavy (non-hydrogen) atoms. The second-order valence-corrected chi connectivity index (χ2v) is 6.53. The predicted molar refractivity (Wildman–Crippen MR) is 71.3 cm³/mol. The minimum atomic E-state index is -0.344. The summed E-state index contributed by atoms with van der Waals surface area (Å²) in [6, 6.07) is 0.180. The highest BCUT2D eigenvalue weighted by molar-refractivity contribution is 5.83. The van der Waals surface area contributed by atoms with Crippen molar-refractivity contribution in [3.63, 3.8) is 0 Å². The largest absolute Gasteiger partial charge is 0.391 e. The van der Waals surface area contributed by atoms with Crippen LogP contribution in [0.15, 0.2) is 0 Å². The second-order valence-electron chi connectivity index (χ2n) is 6.53. The van der Waals surface area contributed by atoms with E-state index in [0.717, 1.165) is 38.6 Å². The average Bonchev–Trinajstić information content (AvgIpc) is 2.85. The second kappa shape index (κ2) is 5.17. The molecule has 2 unspecified atom stereocenters. The molecular formula is C14H26N2O2. The molecule has 1 heterocycles. The Morgan fingerprint density at radius 2 is 2.00 bits per heavy atom. The lowest BCUT2D eigenvalue weighted by molar-refractivity contribution is -0.142. The molecule has 4 nitrogen and oxygen atoms in total. The lowest BCUT2D eigenvalue weighted by Crippen LogP contribution is -2.47. The van der Waals surface area contributed by atoms with Gasteiger partial charge in [-0.25, -0.2) is 0 Å². The van der Waals surface area contributed by atoms with Gasteiger partial charge in [0.2, 0.25) is 5.91 Å². The summed E-state index contributed by atoms with van der Waals surface area (Å²) in [6.45, 7) is 3.46. The Labute approximate surface area is 110 Å². The predicted octanol–water partition coefficient (Wildman–Crippen LogP) is 1.09. The van der Waals surface area contributed by atoms with E-state index in [2.05, 4.69) is 11.8 Å². The Morgan fingerprint density at radius 1 is 1.39 bits per heavy atom. The van der Waals surface area contributed by atoms with Crippen molar-refractivity contribution in [2.45, 2.75) is 51.2 Å². The van der Waals surface area contributed by atoms with E-state index in [4.69, 9.17) is 0 Å². The molecule has 1 amide bonds. The fourth-order valence-corrected chi connectivity index (χ4v) is 3.45. The van der Waals surface area contributed by atoms with Crippen LogP contribution in [-0.4, -0.2) is 60.1 Å². The van der Waals surface area contributed by atoms with Crippen molar-refractivity contribution in [2.24, 2.45) is 5.41 Å². The van der Waals surface area contributed by atoms with Crippen LogP contribution in [0.3, 0.4) is 0 Å². The molecule has 0 bridgehead atoms. The molecule has 0 aromatic carbocycles. The minimum absolute atomic E-state index is 0.172. The van der Waals surface area contributed by atoms with Crippen LogP contribution in [0, 0.1) is 5.41 Å². The molecule has 2 atom stereocenters. The Bertz CT molecular complexity index is 311. The number of nitrogens with zero attached hydrogens (tertiary/aromatic N) is 2. The Kier molecular flexibility index (Phi) is 3.97. The lowest BCUT2D eigenvalue weighted by Gasteiger charge is -2.33. The third-order valence-corrected chi connectivity index (χ3v) is 4.45. The third kappa shape index (κ3) is 2.69. The van der Waals surface area contributed by atoms with Crippen LogP contribution in [0.4, 0.5) is 0 Å². The normalized spacial score (nSPS) is 31.3. The van der Waals surface area contributed by atoms with Gasteiger partial charge in [-0.15, -0.1) is 0 Å². The van der Waals surface area contributed by atoms with Gasteiger partial charge >= 0.3 is 0 Å². The molecule has 2 rings (SSSR count). The van der Waals surface area contributed by atoms with Crippen molar-refractivity contribution in [1.82, 2.24) is 9.80 Å². The van der Waals surface area contributed by atoms with Gasteiger partial charge in [-0.2, -0.15) is 0 Å². The molecule has 1 aliphatic heterocycles. The summed E-state index contributed by atoms with van der Waals surface area (Å²) < 4.78 is 0. The summed E-state index contributed by atoms with van der Waals surface area (Å²) in [4.78, 5) is 16.7. The quantitative estimate of drug-likeness (QED) is 0.820. The Balaban J connectivity index is 2.07. The Morgan fingerprint density at radius 3 is 2.56 bits per heavy atom. The summed E-state index contributed by atoms with van der Waals surface area (Å²) in [5.74, 6) is 0.267. The number of hydrogen-bond donors (Lipinski definition) is 1. The summed E-state index contributed by atoms with van der Waals surface area (Å²) in [5.41, 5.74) is -0.172. The van der Waals surface area contributed by atoms with Crippen molar-refractivity contribution in [2.75, 3.05) is 27.2 Å². The van der Waals surface area contributed by atoms with Crippen LogP contribution in [-0.2, 0) is 4.79 Å². The number of hydrogen-bond acceptors (Lipinski definition) is 3. The number of likely N-dealkylation sites (tertiary alicyclic amines) is 1. The summed E-state index contributed by atoms with van der Waals surface area (Å²) in [7, 11) is 4.04. The summed E-state index contributed by atoms with van der Waals surface area (Å²) >= 11 is 0. The third-order valence-electron chi connectivity index (χ3n) is 4.45. The van der Waals surface area contributed by atoms with Crippen molar-refractivity contribution in [3.8, 4) is 0 Å². The summed E-state index contributed by atoms with van der Waals surface area (Å²) in [5, 5.41) is 9.85. The van der Waals surface area contributed by atoms with Crippen LogP contribution in [0.2, 0.25) is 0 Å². The fraction of sp³-hybridized carbons (Fsp3) is 0.929. The zero-order chi connectivity index (χ0) is 13.3. The van der Waals surface area contributed by atoms with Crippen molar-refractivity contribution in [1.29, 1.82) is 0 Å². The zero-order valence-electron chi connectivity index (χ0n) is 11.9. The minimum Gasteiger partial charge on any atom is -0.391 e. The molecule has 1 saturated carbocycles. The highest BCUT2D eigenvalue weighted by Crippen LogP contribution is 2.40. The van der Waals surface area contributed by atoms with Gasteiger partial charge in [-0.05, 0) is 33.4 Å². The number of amides is 1. The van der Waals surface area contributed by atoms with E-state index in [-0.39, 0.29) is 23.5 Å². The van der Waals surface area contributed by atoms with Crippen molar-refractivity contribution < 1.29 is 9.90 Å². The van der Waals surface area contributed by atoms with E-state index in [0.29, 0.717) is 6.54 Å². The monoisotopic (exact) mass is 254 g/mol. The van der Waals surface area contributed by atoms with Crippen LogP contribution in [0.25, 0.3) is 0 Å².